The lowest BCUT2D eigenvalue weighted by molar-refractivity contribution is 0.172. The van der Waals surface area contributed by atoms with Gasteiger partial charge < -0.3 is 9.47 Å². The average molecular weight is 314 g/mol. The van der Waals surface area contributed by atoms with E-state index in [-0.39, 0.29) is 0 Å². The maximum absolute atomic E-state index is 5.74. The first-order valence-electron chi connectivity index (χ1n) is 7.13. The zero-order chi connectivity index (χ0) is 15.5. The molecule has 2 aliphatic carbocycles. The van der Waals surface area contributed by atoms with E-state index in [1.54, 1.807) is 0 Å². The largest absolute Gasteiger partial charge is 0.484 e. The molecule has 0 radical (unpaired) electrons. The molecule has 0 amide bonds. The first-order chi connectivity index (χ1) is 11.4. The highest BCUT2D eigenvalue weighted by molar-refractivity contribution is 7.13. The van der Waals surface area contributed by atoms with Gasteiger partial charge in [-0.3, -0.25) is 0 Å². The smallest absolute Gasteiger partial charge is 0.189 e. The molecule has 0 bridgehead atoms. The summed E-state index contributed by atoms with van der Waals surface area (Å²) in [5.74, 6) is 13.9. The molecule has 3 aliphatic rings. The summed E-state index contributed by atoms with van der Waals surface area (Å²) in [6.07, 6.45) is 11.4. The minimum Gasteiger partial charge on any atom is -0.484 e. The van der Waals surface area contributed by atoms with Crippen molar-refractivity contribution in [1.82, 2.24) is 0 Å². The third-order valence-corrected chi connectivity index (χ3v) is 4.20. The lowest BCUT2D eigenvalue weighted by atomic mass is 10.2. The molecule has 0 unspecified atom stereocenters. The first-order valence-corrected chi connectivity index (χ1v) is 7.95. The number of rotatable bonds is 0. The summed E-state index contributed by atoms with van der Waals surface area (Å²) < 4.78 is 11.5. The van der Waals surface area contributed by atoms with Gasteiger partial charge in [0.1, 0.15) is 23.0 Å². The van der Waals surface area contributed by atoms with E-state index in [2.05, 4.69) is 35.1 Å². The van der Waals surface area contributed by atoms with E-state index < -0.39 is 0 Å². The maximum atomic E-state index is 5.74. The van der Waals surface area contributed by atoms with Crippen LogP contribution in [0.4, 0.5) is 0 Å². The zero-order valence-corrected chi connectivity index (χ0v) is 12.9. The van der Waals surface area contributed by atoms with Crippen molar-refractivity contribution in [2.45, 2.75) is 0 Å². The molecule has 4 rings (SSSR count). The second-order valence-electron chi connectivity index (χ2n) is 4.78. The molecule has 0 atom stereocenters. The van der Waals surface area contributed by atoms with E-state index in [9.17, 15) is 0 Å². The molecule has 2 nitrogen and oxygen atoms in total. The zero-order valence-electron chi connectivity index (χ0n) is 12.1. The Morgan fingerprint density at radius 3 is 1.74 bits per heavy atom. The van der Waals surface area contributed by atoms with Crippen LogP contribution >= 0.6 is 11.3 Å². The van der Waals surface area contributed by atoms with Crippen LogP contribution in [-0.4, -0.2) is 13.2 Å². The third kappa shape index (κ3) is 2.82. The van der Waals surface area contributed by atoms with E-state index in [1.165, 1.54) is 11.3 Å². The van der Waals surface area contributed by atoms with Crippen molar-refractivity contribution in [3.05, 3.63) is 68.8 Å². The molecule has 0 spiro atoms. The van der Waals surface area contributed by atoms with E-state index in [4.69, 9.17) is 9.47 Å². The Hall–Kier alpha value is -3.06. The van der Waals surface area contributed by atoms with Gasteiger partial charge in [0.15, 0.2) is 11.5 Å². The Bertz CT molecular complexity index is 913. The van der Waals surface area contributed by atoms with Crippen LogP contribution in [0.25, 0.3) is 0 Å². The van der Waals surface area contributed by atoms with Gasteiger partial charge in [0.05, 0.1) is 11.1 Å². The van der Waals surface area contributed by atoms with Crippen LogP contribution in [0.2, 0.25) is 0 Å². The minimum atomic E-state index is 0.532. The number of ether oxygens (including phenoxy) is 2. The molecule has 1 aliphatic heterocycles. The Balaban J connectivity index is 1.72. The highest BCUT2D eigenvalue weighted by Crippen LogP contribution is 2.43. The fourth-order valence-electron chi connectivity index (χ4n) is 2.18. The number of allylic oxidation sites excluding steroid dienone is 6. The van der Waals surface area contributed by atoms with Gasteiger partial charge in [-0.2, -0.15) is 0 Å². The Labute approximate surface area is 138 Å². The van der Waals surface area contributed by atoms with Gasteiger partial charge >= 0.3 is 0 Å². The van der Waals surface area contributed by atoms with Crippen molar-refractivity contribution in [2.75, 3.05) is 13.2 Å². The number of hydrogen-bond acceptors (Lipinski definition) is 3. The Kier molecular flexibility index (Phi) is 3.53. The molecule has 108 valence electrons. The summed E-state index contributed by atoms with van der Waals surface area (Å²) in [5, 5.41) is 0. The van der Waals surface area contributed by atoms with Crippen LogP contribution in [0, 0.1) is 23.7 Å². The molecule has 1 aromatic heterocycles. The van der Waals surface area contributed by atoms with Crippen LogP contribution in [-0.2, 0) is 0 Å². The second-order valence-corrected chi connectivity index (χ2v) is 5.80. The number of fused-ring (bicyclic) bond motifs is 1. The summed E-state index contributed by atoms with van der Waals surface area (Å²) >= 11 is 1.49. The van der Waals surface area contributed by atoms with Gasteiger partial charge in [0.2, 0.25) is 0 Å². The molecule has 0 N–H and O–H groups in total. The quantitative estimate of drug-likeness (QED) is 0.539. The van der Waals surface area contributed by atoms with Crippen molar-refractivity contribution < 1.29 is 9.47 Å². The standard InChI is InChI=1S/C20H10O2S/c1-2-6-15(5-1)9-11-17-19-20(22-14-13-21-19)18(23-17)12-10-16-7-3-4-8-16/h1-5,7H,13-14H2. The van der Waals surface area contributed by atoms with E-state index in [1.807, 2.05) is 36.5 Å². The normalized spacial score (nSPS) is 15.7. The molecule has 23 heavy (non-hydrogen) atoms. The molecule has 0 saturated heterocycles. The first kappa shape index (κ1) is 13.6. The fraction of sp³-hybridized carbons (Fsp3) is 0.100. The van der Waals surface area contributed by atoms with E-state index in [0.717, 1.165) is 20.9 Å². The highest BCUT2D eigenvalue weighted by atomic mass is 32.1. The second kappa shape index (κ2) is 5.98. The monoisotopic (exact) mass is 314 g/mol. The van der Waals surface area contributed by atoms with Gasteiger partial charge in [0, 0.05) is 0 Å². The fourth-order valence-corrected chi connectivity index (χ4v) is 3.08. The molecule has 1 aromatic rings. The molecular weight excluding hydrogens is 304 g/mol. The van der Waals surface area contributed by atoms with Crippen molar-refractivity contribution in [3.8, 4) is 35.2 Å². The summed E-state index contributed by atoms with van der Waals surface area (Å²) in [4.78, 5) is 1.68. The lowest BCUT2D eigenvalue weighted by Gasteiger charge is -2.15. The summed E-state index contributed by atoms with van der Waals surface area (Å²) in [5.41, 5.74) is 7.86. The molecular formula is C20H10O2S. The van der Waals surface area contributed by atoms with Crippen molar-refractivity contribution in [3.63, 3.8) is 0 Å². The SMILES string of the molecule is C1=CC=CC=1C#Cc1sc(C#CC2=C=CC=C2)c2c1OCCO2. The van der Waals surface area contributed by atoms with Gasteiger partial charge in [-0.15, -0.1) is 22.8 Å². The molecule has 2 heterocycles. The van der Waals surface area contributed by atoms with Gasteiger partial charge in [0.25, 0.3) is 0 Å². The predicted octanol–water partition coefficient (Wildman–Crippen LogP) is 3.52. The van der Waals surface area contributed by atoms with Crippen molar-refractivity contribution in [2.24, 2.45) is 0 Å². The minimum absolute atomic E-state index is 0.532. The summed E-state index contributed by atoms with van der Waals surface area (Å²) in [6, 6.07) is 0. The molecule has 0 aromatic carbocycles. The Morgan fingerprint density at radius 1 is 0.783 bits per heavy atom. The van der Waals surface area contributed by atoms with E-state index in [0.29, 0.717) is 24.7 Å². The van der Waals surface area contributed by atoms with Gasteiger partial charge in [-0.05, 0) is 36.1 Å². The van der Waals surface area contributed by atoms with Gasteiger partial charge in [-0.1, -0.05) is 24.0 Å². The Morgan fingerprint density at radius 2 is 1.30 bits per heavy atom. The van der Waals surface area contributed by atoms with Crippen LogP contribution in [0.1, 0.15) is 9.75 Å². The van der Waals surface area contributed by atoms with Crippen LogP contribution in [0.3, 0.4) is 0 Å². The highest BCUT2D eigenvalue weighted by Gasteiger charge is 2.22. The van der Waals surface area contributed by atoms with Crippen LogP contribution < -0.4 is 9.47 Å². The number of hydrogen-bond donors (Lipinski definition) is 0. The third-order valence-electron chi connectivity index (χ3n) is 3.22. The average Bonchev–Trinajstić information content (AvgIpc) is 3.32. The maximum Gasteiger partial charge on any atom is 0.189 e. The molecule has 0 saturated carbocycles. The van der Waals surface area contributed by atoms with Crippen molar-refractivity contribution >= 4 is 11.3 Å². The topological polar surface area (TPSA) is 18.5 Å². The summed E-state index contributed by atoms with van der Waals surface area (Å²) in [7, 11) is 0. The number of thiophene rings is 1. The van der Waals surface area contributed by atoms with Crippen LogP contribution in [0.15, 0.2) is 59.1 Å². The molecule has 3 heteroatoms. The van der Waals surface area contributed by atoms with E-state index >= 15 is 0 Å². The van der Waals surface area contributed by atoms with Crippen molar-refractivity contribution in [1.29, 1.82) is 0 Å². The lowest BCUT2D eigenvalue weighted by Crippen LogP contribution is -2.15. The van der Waals surface area contributed by atoms with Gasteiger partial charge in [-0.25, -0.2) is 0 Å². The van der Waals surface area contributed by atoms with Crippen LogP contribution in [0.5, 0.6) is 11.5 Å². The molecule has 0 fully saturated rings. The summed E-state index contributed by atoms with van der Waals surface area (Å²) in [6.45, 7) is 1.06. The predicted molar refractivity (Wildman–Crippen MR) is 90.5 cm³/mol.